The molecule has 1 aliphatic heterocycles. The Bertz CT molecular complexity index is 1030. The Kier molecular flexibility index (Phi) is 6.40. The minimum atomic E-state index is -1.12. The monoisotopic (exact) mass is 446 g/mol. The molecule has 8 nitrogen and oxygen atoms in total. The van der Waals surface area contributed by atoms with Crippen molar-refractivity contribution in [3.05, 3.63) is 46.4 Å². The number of amides is 2. The second-order valence-corrected chi connectivity index (χ2v) is 9.23. The number of carboxylic acids is 1. The number of fused-ring (bicyclic) bond motifs is 1. The molecule has 0 fully saturated rings. The van der Waals surface area contributed by atoms with Gasteiger partial charge in [-0.05, 0) is 36.5 Å². The van der Waals surface area contributed by atoms with E-state index in [4.69, 9.17) is 11.6 Å². The van der Waals surface area contributed by atoms with Crippen molar-refractivity contribution >= 4 is 35.2 Å². The molecule has 0 spiro atoms. The van der Waals surface area contributed by atoms with Crippen LogP contribution in [-0.4, -0.2) is 45.5 Å². The van der Waals surface area contributed by atoms with Gasteiger partial charge < -0.3 is 15.0 Å². The molecular weight excluding hydrogens is 420 g/mol. The van der Waals surface area contributed by atoms with Crippen molar-refractivity contribution in [2.75, 3.05) is 11.9 Å². The first-order valence-corrected chi connectivity index (χ1v) is 10.5. The summed E-state index contributed by atoms with van der Waals surface area (Å²) < 4.78 is 1.79. The van der Waals surface area contributed by atoms with Crippen LogP contribution in [0.25, 0.3) is 0 Å². The van der Waals surface area contributed by atoms with Gasteiger partial charge in [0.05, 0.1) is 0 Å². The van der Waals surface area contributed by atoms with E-state index in [1.807, 2.05) is 0 Å². The van der Waals surface area contributed by atoms with Crippen LogP contribution in [0.1, 0.15) is 60.3 Å². The van der Waals surface area contributed by atoms with Crippen LogP contribution in [0.15, 0.2) is 24.3 Å². The summed E-state index contributed by atoms with van der Waals surface area (Å²) in [5.74, 6) is -1.14. The fourth-order valence-electron chi connectivity index (χ4n) is 3.69. The molecule has 166 valence electrons. The van der Waals surface area contributed by atoms with Gasteiger partial charge in [0.15, 0.2) is 11.5 Å². The lowest BCUT2D eigenvalue weighted by molar-refractivity contribution is -0.142. The molecule has 1 aromatic carbocycles. The number of imidazole rings is 1. The maximum absolute atomic E-state index is 13.3. The molecule has 1 atom stereocenters. The van der Waals surface area contributed by atoms with Crippen LogP contribution in [-0.2, 0) is 17.8 Å². The highest BCUT2D eigenvalue weighted by Gasteiger charge is 2.36. The third-order valence-electron chi connectivity index (χ3n) is 5.36. The predicted octanol–water partition coefficient (Wildman–Crippen LogP) is 3.38. The Hall–Kier alpha value is -2.87. The number of hydrogen-bond acceptors (Lipinski definition) is 4. The number of anilines is 1. The molecule has 2 heterocycles. The molecule has 2 aromatic rings. The van der Waals surface area contributed by atoms with Crippen LogP contribution in [0.2, 0.25) is 5.02 Å². The highest BCUT2D eigenvalue weighted by atomic mass is 35.5. The van der Waals surface area contributed by atoms with Gasteiger partial charge in [-0.25, -0.2) is 9.78 Å². The number of nitrogens with zero attached hydrogens (tertiary/aromatic N) is 3. The van der Waals surface area contributed by atoms with Crippen molar-refractivity contribution in [3.63, 3.8) is 0 Å². The largest absolute Gasteiger partial charge is 0.480 e. The van der Waals surface area contributed by atoms with Crippen LogP contribution in [0.5, 0.6) is 0 Å². The summed E-state index contributed by atoms with van der Waals surface area (Å²) in [4.78, 5) is 44.0. The molecular formula is C22H27ClN4O4. The lowest BCUT2D eigenvalue weighted by Crippen LogP contribution is -2.49. The van der Waals surface area contributed by atoms with Gasteiger partial charge >= 0.3 is 5.97 Å². The van der Waals surface area contributed by atoms with Gasteiger partial charge in [0, 0.05) is 30.6 Å². The normalized spacial score (nSPS) is 14.5. The molecule has 2 amide bonds. The lowest BCUT2D eigenvalue weighted by Gasteiger charge is -2.28. The van der Waals surface area contributed by atoms with Crippen LogP contribution < -0.4 is 10.2 Å². The van der Waals surface area contributed by atoms with Crippen LogP contribution in [0, 0.1) is 5.41 Å². The Labute approximate surface area is 186 Å². The van der Waals surface area contributed by atoms with Crippen molar-refractivity contribution in [2.45, 2.75) is 52.6 Å². The number of hydrogen-bond donors (Lipinski definition) is 2. The smallest absolute Gasteiger partial charge is 0.326 e. The number of carbonyl (C=O) groups is 3. The van der Waals surface area contributed by atoms with Gasteiger partial charge in [0.1, 0.15) is 11.9 Å². The Morgan fingerprint density at radius 2 is 1.97 bits per heavy atom. The first-order valence-electron chi connectivity index (χ1n) is 10.2. The van der Waals surface area contributed by atoms with E-state index in [2.05, 4.69) is 10.3 Å². The molecule has 31 heavy (non-hydrogen) atoms. The van der Waals surface area contributed by atoms with Crippen molar-refractivity contribution in [3.8, 4) is 0 Å². The quantitative estimate of drug-likeness (QED) is 0.732. The molecule has 2 N–H and O–H groups in total. The maximum atomic E-state index is 13.3. The number of nitrogens with one attached hydrogen (secondary N) is 1. The third-order valence-corrected chi connectivity index (χ3v) is 5.59. The molecule has 0 saturated carbocycles. The zero-order valence-corrected chi connectivity index (χ0v) is 18.9. The number of aromatic nitrogens is 2. The van der Waals surface area contributed by atoms with Crippen molar-refractivity contribution in [2.24, 2.45) is 5.41 Å². The number of aliphatic carboxylic acids is 1. The first-order chi connectivity index (χ1) is 14.5. The minimum Gasteiger partial charge on any atom is -0.480 e. The molecule has 0 radical (unpaired) electrons. The van der Waals surface area contributed by atoms with Gasteiger partial charge in [-0.3, -0.25) is 14.5 Å². The van der Waals surface area contributed by atoms with Gasteiger partial charge in [-0.15, -0.1) is 0 Å². The molecule has 1 unspecified atom stereocenters. The van der Waals surface area contributed by atoms with E-state index in [1.54, 1.807) is 56.7 Å². The number of carbonyl (C=O) groups excluding carboxylic acids is 2. The summed E-state index contributed by atoms with van der Waals surface area (Å²) in [6.07, 6.45) is 2.49. The average Bonchev–Trinajstić information content (AvgIpc) is 3.09. The second kappa shape index (κ2) is 8.70. The van der Waals surface area contributed by atoms with E-state index in [-0.39, 0.29) is 17.4 Å². The van der Waals surface area contributed by atoms with E-state index in [9.17, 15) is 19.5 Å². The van der Waals surface area contributed by atoms with Gasteiger partial charge in [-0.1, -0.05) is 38.4 Å². The maximum Gasteiger partial charge on any atom is 0.326 e. The number of aryl methyl sites for hydroxylation is 1. The van der Waals surface area contributed by atoms with E-state index >= 15 is 0 Å². The molecule has 1 aliphatic rings. The molecule has 0 bridgehead atoms. The minimum absolute atomic E-state index is 0.197. The van der Waals surface area contributed by atoms with E-state index in [0.717, 1.165) is 12.8 Å². The zero-order chi connectivity index (χ0) is 22.9. The van der Waals surface area contributed by atoms with E-state index < -0.39 is 23.3 Å². The van der Waals surface area contributed by atoms with Gasteiger partial charge in [-0.2, -0.15) is 0 Å². The summed E-state index contributed by atoms with van der Waals surface area (Å²) in [6.45, 7) is 5.81. The van der Waals surface area contributed by atoms with Crippen LogP contribution in [0.3, 0.4) is 0 Å². The highest BCUT2D eigenvalue weighted by Crippen LogP contribution is 2.28. The van der Waals surface area contributed by atoms with Crippen molar-refractivity contribution < 1.29 is 19.5 Å². The zero-order valence-electron chi connectivity index (χ0n) is 18.1. The molecule has 1 aromatic heterocycles. The summed E-state index contributed by atoms with van der Waals surface area (Å²) in [5, 5.41) is 12.7. The number of carboxylic acid groups (broad SMARTS) is 1. The first kappa shape index (κ1) is 22.8. The second-order valence-electron chi connectivity index (χ2n) is 8.79. The van der Waals surface area contributed by atoms with Crippen LogP contribution in [0.4, 0.5) is 5.82 Å². The molecule has 0 saturated heterocycles. The molecule has 3 rings (SSSR count). The summed E-state index contributed by atoms with van der Waals surface area (Å²) in [5.41, 5.74) is -0.136. The van der Waals surface area contributed by atoms with Gasteiger partial charge in [0.25, 0.3) is 11.8 Å². The summed E-state index contributed by atoms with van der Waals surface area (Å²) in [6, 6.07) is 5.44. The van der Waals surface area contributed by atoms with Gasteiger partial charge in [0.2, 0.25) is 0 Å². The standard InChI is InChI=1S/C22H27ClN4O4/c1-22(2,3)17(21(30)31)25-19(28)16-18(24-15-10-5-6-11-27(15)16)26(4)20(29)13-8-7-9-14(23)12-13/h7-9,12,17H,5-6,10-11H2,1-4H3,(H,25,28)(H,30,31). The van der Waals surface area contributed by atoms with Crippen molar-refractivity contribution in [1.29, 1.82) is 0 Å². The highest BCUT2D eigenvalue weighted by molar-refractivity contribution is 6.31. The van der Waals surface area contributed by atoms with E-state index in [1.165, 1.54) is 4.90 Å². The number of halogens is 1. The summed E-state index contributed by atoms with van der Waals surface area (Å²) in [7, 11) is 1.55. The fraction of sp³-hybridized carbons (Fsp3) is 0.455. The topological polar surface area (TPSA) is 105 Å². The Balaban J connectivity index is 2.02. The van der Waals surface area contributed by atoms with E-state index in [0.29, 0.717) is 29.4 Å². The summed E-state index contributed by atoms with van der Waals surface area (Å²) >= 11 is 6.02. The number of benzene rings is 1. The predicted molar refractivity (Wildman–Crippen MR) is 118 cm³/mol. The van der Waals surface area contributed by atoms with Crippen LogP contribution >= 0.6 is 11.6 Å². The van der Waals surface area contributed by atoms with Crippen molar-refractivity contribution in [1.82, 2.24) is 14.9 Å². The third kappa shape index (κ3) is 4.74. The Morgan fingerprint density at radius 1 is 1.26 bits per heavy atom. The Morgan fingerprint density at radius 3 is 2.58 bits per heavy atom. The number of rotatable bonds is 5. The lowest BCUT2D eigenvalue weighted by atomic mass is 9.86. The average molecular weight is 447 g/mol. The molecule has 9 heteroatoms. The fourth-order valence-corrected chi connectivity index (χ4v) is 3.88. The molecule has 0 aliphatic carbocycles. The SMILES string of the molecule is CN(C(=O)c1cccc(Cl)c1)c1nc2n(c1C(=O)NC(C(=O)O)C(C)(C)C)CCCC2.